The van der Waals surface area contributed by atoms with Crippen LogP contribution >= 0.6 is 0 Å². The molecule has 0 fully saturated rings. The summed E-state index contributed by atoms with van der Waals surface area (Å²) in [6.45, 7) is 18.8. The maximum Gasteiger partial charge on any atom is 0.333 e. The SMILES string of the molecule is CCC(CC)(/C(C)=C/C(C)=C(\C)C(=O)OC)c1ccc(CCC(O)C(C)(C)C)c(C)c1. The van der Waals surface area contributed by atoms with Gasteiger partial charge in [0.05, 0.1) is 13.2 Å². The summed E-state index contributed by atoms with van der Waals surface area (Å²) in [5.74, 6) is -0.280. The van der Waals surface area contributed by atoms with Gasteiger partial charge in [-0.3, -0.25) is 0 Å². The van der Waals surface area contributed by atoms with Crippen LogP contribution in [0.5, 0.6) is 0 Å². The molecule has 3 heteroatoms. The quantitative estimate of drug-likeness (QED) is 0.266. The molecule has 0 heterocycles. The Morgan fingerprint density at radius 2 is 1.71 bits per heavy atom. The topological polar surface area (TPSA) is 46.5 Å². The Labute approximate surface area is 190 Å². The first-order valence-corrected chi connectivity index (χ1v) is 11.6. The van der Waals surface area contributed by atoms with Crippen LogP contribution in [0.4, 0.5) is 0 Å². The van der Waals surface area contributed by atoms with Gasteiger partial charge in [0.15, 0.2) is 0 Å². The van der Waals surface area contributed by atoms with E-state index in [-0.39, 0.29) is 22.9 Å². The largest absolute Gasteiger partial charge is 0.466 e. The number of benzene rings is 1. The van der Waals surface area contributed by atoms with Gasteiger partial charge in [-0.2, -0.15) is 0 Å². The molecule has 31 heavy (non-hydrogen) atoms. The van der Waals surface area contributed by atoms with Crippen molar-refractivity contribution in [3.63, 3.8) is 0 Å². The molecule has 1 rings (SSSR count). The maximum atomic E-state index is 11.9. The summed E-state index contributed by atoms with van der Waals surface area (Å²) in [4.78, 5) is 11.9. The van der Waals surface area contributed by atoms with Crippen LogP contribution in [-0.2, 0) is 21.4 Å². The van der Waals surface area contributed by atoms with Gasteiger partial charge >= 0.3 is 5.97 Å². The highest BCUT2D eigenvalue weighted by Gasteiger charge is 2.31. The first kappa shape index (κ1) is 27.2. The number of allylic oxidation sites excluding steroid dienone is 3. The number of ether oxygens (including phenoxy) is 1. The number of methoxy groups -OCH3 is 1. The van der Waals surface area contributed by atoms with Crippen molar-refractivity contribution in [1.29, 1.82) is 0 Å². The van der Waals surface area contributed by atoms with Crippen LogP contribution < -0.4 is 0 Å². The summed E-state index contributed by atoms with van der Waals surface area (Å²) in [5.41, 5.74) is 6.56. The van der Waals surface area contributed by atoms with Crippen LogP contribution in [-0.4, -0.2) is 24.3 Å². The fourth-order valence-corrected chi connectivity index (χ4v) is 4.33. The van der Waals surface area contributed by atoms with E-state index in [1.807, 2.05) is 13.8 Å². The van der Waals surface area contributed by atoms with Crippen molar-refractivity contribution in [1.82, 2.24) is 0 Å². The minimum absolute atomic E-state index is 0.0775. The lowest BCUT2D eigenvalue weighted by Crippen LogP contribution is -2.27. The van der Waals surface area contributed by atoms with Crippen LogP contribution in [0.3, 0.4) is 0 Å². The lowest BCUT2D eigenvalue weighted by Gasteiger charge is -2.35. The number of carbonyl (C=O) groups is 1. The molecule has 0 saturated carbocycles. The van der Waals surface area contributed by atoms with Gasteiger partial charge in [-0.15, -0.1) is 0 Å². The van der Waals surface area contributed by atoms with E-state index in [1.54, 1.807) is 0 Å². The highest BCUT2D eigenvalue weighted by atomic mass is 16.5. The molecular weight excluding hydrogens is 384 g/mol. The van der Waals surface area contributed by atoms with Crippen molar-refractivity contribution in [3.8, 4) is 0 Å². The van der Waals surface area contributed by atoms with E-state index in [0.717, 1.165) is 31.3 Å². The average molecular weight is 429 g/mol. The van der Waals surface area contributed by atoms with Gasteiger partial charge in [0.2, 0.25) is 0 Å². The number of aliphatic hydroxyl groups is 1. The lowest BCUT2D eigenvalue weighted by atomic mass is 9.69. The van der Waals surface area contributed by atoms with Gasteiger partial charge in [-0.1, -0.05) is 64.5 Å². The van der Waals surface area contributed by atoms with E-state index in [2.05, 4.69) is 72.7 Å². The molecule has 174 valence electrons. The summed E-state index contributed by atoms with van der Waals surface area (Å²) in [5, 5.41) is 10.4. The maximum absolute atomic E-state index is 11.9. The molecular formula is C28H44O3. The van der Waals surface area contributed by atoms with Crippen molar-refractivity contribution in [2.75, 3.05) is 7.11 Å². The van der Waals surface area contributed by atoms with Crippen LogP contribution in [0.1, 0.15) is 91.3 Å². The summed E-state index contributed by atoms with van der Waals surface area (Å²) in [6.07, 6.45) is 5.45. The smallest absolute Gasteiger partial charge is 0.333 e. The molecule has 0 saturated heterocycles. The Morgan fingerprint density at radius 1 is 1.13 bits per heavy atom. The van der Waals surface area contributed by atoms with Gasteiger partial charge < -0.3 is 9.84 Å². The van der Waals surface area contributed by atoms with E-state index in [4.69, 9.17) is 4.74 Å². The predicted molar refractivity (Wildman–Crippen MR) is 131 cm³/mol. The molecule has 1 aromatic rings. The van der Waals surface area contributed by atoms with Crippen LogP contribution in [0, 0.1) is 12.3 Å². The van der Waals surface area contributed by atoms with E-state index in [9.17, 15) is 9.90 Å². The molecule has 1 atom stereocenters. The Hall–Kier alpha value is -1.87. The minimum atomic E-state index is -0.310. The number of esters is 1. The highest BCUT2D eigenvalue weighted by Crippen LogP contribution is 2.40. The third-order valence-corrected chi connectivity index (χ3v) is 7.06. The number of aryl methyl sites for hydroxylation is 2. The second-order valence-corrected chi connectivity index (χ2v) is 9.98. The molecule has 0 amide bonds. The standard InChI is InChI=1S/C28H44O3/c1-11-28(12-2,21(5)17-19(3)22(6)26(30)31-10)24-15-13-23(20(4)18-24)14-16-25(29)27(7,8)9/h13,15,17-18,25,29H,11-12,14,16H2,1-10H3/b21-17+,22-19+. The zero-order chi connectivity index (χ0) is 24.0. The third-order valence-electron chi connectivity index (χ3n) is 7.06. The number of aliphatic hydroxyl groups excluding tert-OH is 1. The Bertz CT molecular complexity index is 817. The number of carbonyl (C=O) groups excluding carboxylic acids is 1. The molecule has 0 bridgehead atoms. The molecule has 0 aliphatic heterocycles. The predicted octanol–water partition coefficient (Wildman–Crippen LogP) is 6.85. The molecule has 0 aliphatic carbocycles. The van der Waals surface area contributed by atoms with Crippen molar-refractivity contribution < 1.29 is 14.6 Å². The molecule has 1 N–H and O–H groups in total. The first-order chi connectivity index (χ1) is 14.3. The van der Waals surface area contributed by atoms with Gasteiger partial charge in [0.25, 0.3) is 0 Å². The van der Waals surface area contributed by atoms with Crippen LogP contribution in [0.25, 0.3) is 0 Å². The summed E-state index contributed by atoms with van der Waals surface area (Å²) in [7, 11) is 1.42. The molecule has 1 aromatic carbocycles. The molecule has 1 unspecified atom stereocenters. The van der Waals surface area contributed by atoms with E-state index in [0.29, 0.717) is 5.57 Å². The Kier molecular flexibility index (Phi) is 9.75. The molecule has 0 aromatic heterocycles. The van der Waals surface area contributed by atoms with Gasteiger partial charge in [-0.05, 0) is 81.1 Å². The van der Waals surface area contributed by atoms with E-state index in [1.165, 1.54) is 29.4 Å². The summed E-state index contributed by atoms with van der Waals surface area (Å²) in [6, 6.07) is 6.80. The Balaban J connectivity index is 3.30. The number of rotatable bonds is 9. The second-order valence-electron chi connectivity index (χ2n) is 9.98. The minimum Gasteiger partial charge on any atom is -0.466 e. The zero-order valence-electron chi connectivity index (χ0n) is 21.5. The molecule has 0 radical (unpaired) electrons. The summed E-state index contributed by atoms with van der Waals surface area (Å²) < 4.78 is 4.88. The average Bonchev–Trinajstić information content (AvgIpc) is 2.72. The van der Waals surface area contributed by atoms with Crippen molar-refractivity contribution in [3.05, 3.63) is 57.7 Å². The van der Waals surface area contributed by atoms with Gasteiger partial charge in [0, 0.05) is 11.0 Å². The first-order valence-electron chi connectivity index (χ1n) is 11.6. The highest BCUT2D eigenvalue weighted by molar-refractivity contribution is 5.89. The fraction of sp³-hybridized carbons (Fsp3) is 0.607. The van der Waals surface area contributed by atoms with Crippen LogP contribution in [0.15, 0.2) is 41.0 Å². The lowest BCUT2D eigenvalue weighted by molar-refractivity contribution is -0.136. The summed E-state index contributed by atoms with van der Waals surface area (Å²) >= 11 is 0. The van der Waals surface area contributed by atoms with Crippen molar-refractivity contribution in [2.45, 2.75) is 99.5 Å². The van der Waals surface area contributed by atoms with Crippen molar-refractivity contribution in [2.24, 2.45) is 5.41 Å². The molecule has 0 aliphatic rings. The Morgan fingerprint density at radius 3 is 2.16 bits per heavy atom. The zero-order valence-corrected chi connectivity index (χ0v) is 21.5. The number of hydrogen-bond acceptors (Lipinski definition) is 3. The van der Waals surface area contributed by atoms with Crippen LogP contribution in [0.2, 0.25) is 0 Å². The number of hydrogen-bond donors (Lipinski definition) is 1. The monoisotopic (exact) mass is 428 g/mol. The van der Waals surface area contributed by atoms with E-state index < -0.39 is 0 Å². The second kappa shape index (κ2) is 11.1. The molecule has 0 spiro atoms. The van der Waals surface area contributed by atoms with Crippen molar-refractivity contribution >= 4 is 5.97 Å². The van der Waals surface area contributed by atoms with Gasteiger partial charge in [-0.25, -0.2) is 4.79 Å². The van der Waals surface area contributed by atoms with E-state index >= 15 is 0 Å². The third kappa shape index (κ3) is 6.55. The molecule has 3 nitrogen and oxygen atoms in total. The normalized spacial score (nSPS) is 14.9. The fourth-order valence-electron chi connectivity index (χ4n) is 4.33. The van der Waals surface area contributed by atoms with Gasteiger partial charge in [0.1, 0.15) is 0 Å².